The molecule has 1 aromatic rings. The van der Waals surface area contributed by atoms with E-state index in [9.17, 15) is 9.59 Å². The molecular weight excluding hydrogens is 262 g/mol. The number of carbonyl (C=O) groups is 2. The van der Waals surface area contributed by atoms with E-state index in [-0.39, 0.29) is 10.9 Å². The number of carbonyl (C=O) groups excluding carboxylic acids is 2. The van der Waals surface area contributed by atoms with Crippen LogP contribution in [-0.4, -0.2) is 16.8 Å². The number of hydrogen-bond donors (Lipinski definition) is 3. The van der Waals surface area contributed by atoms with Crippen molar-refractivity contribution in [2.75, 3.05) is 5.32 Å². The van der Waals surface area contributed by atoms with Crippen molar-refractivity contribution in [1.82, 2.24) is 0 Å². The first-order valence-corrected chi connectivity index (χ1v) is 6.38. The van der Waals surface area contributed by atoms with Gasteiger partial charge in [-0.25, -0.2) is 0 Å². The summed E-state index contributed by atoms with van der Waals surface area (Å²) in [6, 6.07) is 6.38. The third-order valence-electron chi connectivity index (χ3n) is 3.54. The Morgan fingerprint density at radius 3 is 2.11 bits per heavy atom. The molecule has 0 saturated heterocycles. The van der Waals surface area contributed by atoms with Crippen LogP contribution in [0.15, 0.2) is 24.3 Å². The van der Waals surface area contributed by atoms with E-state index >= 15 is 0 Å². The minimum atomic E-state index is -0.711. The quantitative estimate of drug-likeness (QED) is 0.720. The topological polar surface area (TPSA) is 98.2 Å². The summed E-state index contributed by atoms with van der Waals surface area (Å²) in [6.45, 7) is 0. The number of anilines is 1. The van der Waals surface area contributed by atoms with Gasteiger partial charge in [0.15, 0.2) is 0 Å². The normalized spacial score (nSPS) is 16.2. The summed E-state index contributed by atoms with van der Waals surface area (Å²) in [5.74, 6) is -0.686. The maximum Gasteiger partial charge on any atom is 0.248 e. The number of nitrogens with two attached hydrogens (primary N) is 2. The Morgan fingerprint density at radius 2 is 1.74 bits per heavy atom. The molecule has 0 aliphatic heterocycles. The van der Waals surface area contributed by atoms with Gasteiger partial charge >= 0.3 is 0 Å². The van der Waals surface area contributed by atoms with Gasteiger partial charge < -0.3 is 16.8 Å². The summed E-state index contributed by atoms with van der Waals surface area (Å²) < 4.78 is 0. The van der Waals surface area contributed by atoms with Crippen LogP contribution < -0.4 is 16.8 Å². The van der Waals surface area contributed by atoms with Gasteiger partial charge in [-0.05, 0) is 37.1 Å². The molecule has 0 bridgehead atoms. The summed E-state index contributed by atoms with van der Waals surface area (Å²) in [7, 11) is 0. The Morgan fingerprint density at radius 1 is 1.16 bits per heavy atom. The molecule has 5 nitrogen and oxygen atoms in total. The molecule has 1 aliphatic carbocycles. The summed E-state index contributed by atoms with van der Waals surface area (Å²) >= 11 is 4.98. The van der Waals surface area contributed by atoms with E-state index in [2.05, 4.69) is 5.32 Å². The van der Waals surface area contributed by atoms with Gasteiger partial charge in [-0.3, -0.25) is 9.59 Å². The standard InChI is InChI=1S/C13H15N3O2S/c14-10(17)8-2-4-9(5-3-8)16-12(18)13(11(15)19)6-1-7-13/h2-5H,1,6-7H2,(H2,14,17)(H2,15,19)(H,16,18). The zero-order valence-corrected chi connectivity index (χ0v) is 11.1. The molecule has 2 amide bonds. The van der Waals surface area contributed by atoms with Crippen LogP contribution in [0, 0.1) is 5.41 Å². The summed E-state index contributed by atoms with van der Waals surface area (Å²) in [6.07, 6.45) is 2.33. The van der Waals surface area contributed by atoms with E-state index in [4.69, 9.17) is 23.7 Å². The first kappa shape index (κ1) is 13.5. The third kappa shape index (κ3) is 2.44. The van der Waals surface area contributed by atoms with Crippen molar-refractivity contribution < 1.29 is 9.59 Å². The highest BCUT2D eigenvalue weighted by molar-refractivity contribution is 7.80. The van der Waals surface area contributed by atoms with Crippen LogP contribution in [0.4, 0.5) is 5.69 Å². The van der Waals surface area contributed by atoms with Crippen LogP contribution in [0.25, 0.3) is 0 Å². The van der Waals surface area contributed by atoms with Gasteiger partial charge in [0, 0.05) is 11.3 Å². The minimum absolute atomic E-state index is 0.182. The van der Waals surface area contributed by atoms with Crippen LogP contribution >= 0.6 is 12.2 Å². The molecule has 1 saturated carbocycles. The molecule has 1 fully saturated rings. The maximum atomic E-state index is 12.2. The molecule has 0 radical (unpaired) electrons. The summed E-state index contributed by atoms with van der Waals surface area (Å²) in [5.41, 5.74) is 11.1. The van der Waals surface area contributed by atoms with Crippen LogP contribution in [0.5, 0.6) is 0 Å². The molecule has 0 spiro atoms. The van der Waals surface area contributed by atoms with Crippen molar-refractivity contribution in [3.63, 3.8) is 0 Å². The van der Waals surface area contributed by atoms with Crippen molar-refractivity contribution in [3.8, 4) is 0 Å². The number of amides is 2. The minimum Gasteiger partial charge on any atom is -0.392 e. The highest BCUT2D eigenvalue weighted by Crippen LogP contribution is 2.42. The number of thiocarbonyl (C=S) groups is 1. The molecule has 0 aromatic heterocycles. The molecule has 19 heavy (non-hydrogen) atoms. The molecule has 6 heteroatoms. The molecule has 1 aliphatic rings. The smallest absolute Gasteiger partial charge is 0.248 e. The van der Waals surface area contributed by atoms with Gasteiger partial charge in [0.25, 0.3) is 0 Å². The van der Waals surface area contributed by atoms with E-state index in [1.807, 2.05) is 0 Å². The first-order chi connectivity index (χ1) is 8.95. The number of nitrogens with one attached hydrogen (secondary N) is 1. The Bertz CT molecular complexity index is 535. The lowest BCUT2D eigenvalue weighted by Crippen LogP contribution is -2.50. The lowest BCUT2D eigenvalue weighted by molar-refractivity contribution is -0.125. The molecule has 0 heterocycles. The molecule has 5 N–H and O–H groups in total. The number of rotatable bonds is 4. The van der Waals surface area contributed by atoms with E-state index in [1.54, 1.807) is 24.3 Å². The van der Waals surface area contributed by atoms with Crippen molar-refractivity contribution in [3.05, 3.63) is 29.8 Å². The van der Waals surface area contributed by atoms with Gasteiger partial charge in [0.05, 0.1) is 10.4 Å². The van der Waals surface area contributed by atoms with Crippen molar-refractivity contribution in [2.45, 2.75) is 19.3 Å². The van der Waals surface area contributed by atoms with Gasteiger partial charge in [-0.1, -0.05) is 18.6 Å². The van der Waals surface area contributed by atoms with Crippen molar-refractivity contribution >= 4 is 34.7 Å². The van der Waals surface area contributed by atoms with E-state index < -0.39 is 11.3 Å². The molecule has 2 rings (SSSR count). The van der Waals surface area contributed by atoms with E-state index in [0.717, 1.165) is 6.42 Å². The monoisotopic (exact) mass is 277 g/mol. The van der Waals surface area contributed by atoms with Gasteiger partial charge in [-0.2, -0.15) is 0 Å². The molecule has 0 unspecified atom stereocenters. The average molecular weight is 277 g/mol. The van der Waals surface area contributed by atoms with Crippen LogP contribution in [0.1, 0.15) is 29.6 Å². The molecule has 0 atom stereocenters. The average Bonchev–Trinajstić information content (AvgIpc) is 2.27. The fourth-order valence-electron chi connectivity index (χ4n) is 2.08. The lowest BCUT2D eigenvalue weighted by atomic mass is 9.68. The van der Waals surface area contributed by atoms with Crippen molar-refractivity contribution in [1.29, 1.82) is 0 Å². The Labute approximate surface area is 116 Å². The number of hydrogen-bond acceptors (Lipinski definition) is 3. The molecule has 100 valence electrons. The number of primary amides is 1. The summed E-state index contributed by atoms with van der Waals surface area (Å²) in [4.78, 5) is 23.4. The lowest BCUT2D eigenvalue weighted by Gasteiger charge is -2.39. The zero-order chi connectivity index (χ0) is 14.0. The second kappa shape index (κ2) is 4.97. The highest BCUT2D eigenvalue weighted by atomic mass is 32.1. The second-order valence-corrected chi connectivity index (χ2v) is 5.14. The molecule has 1 aromatic carbocycles. The van der Waals surface area contributed by atoms with Crippen LogP contribution in [0.3, 0.4) is 0 Å². The Kier molecular flexibility index (Phi) is 3.53. The van der Waals surface area contributed by atoms with Crippen LogP contribution in [0.2, 0.25) is 0 Å². The Hall–Kier alpha value is -1.95. The fraction of sp³-hybridized carbons (Fsp3) is 0.308. The van der Waals surface area contributed by atoms with Gasteiger partial charge in [-0.15, -0.1) is 0 Å². The maximum absolute atomic E-state index is 12.2. The van der Waals surface area contributed by atoms with Gasteiger partial charge in [0.1, 0.15) is 0 Å². The third-order valence-corrected chi connectivity index (χ3v) is 3.93. The predicted molar refractivity (Wildman–Crippen MR) is 76.7 cm³/mol. The highest BCUT2D eigenvalue weighted by Gasteiger charge is 2.46. The van der Waals surface area contributed by atoms with Gasteiger partial charge in [0.2, 0.25) is 11.8 Å². The predicted octanol–water partition coefficient (Wildman–Crippen LogP) is 1.18. The first-order valence-electron chi connectivity index (χ1n) is 5.97. The van der Waals surface area contributed by atoms with E-state index in [1.165, 1.54) is 0 Å². The zero-order valence-electron chi connectivity index (χ0n) is 10.3. The Balaban J connectivity index is 2.11. The molecular formula is C13H15N3O2S. The SMILES string of the molecule is NC(=O)c1ccc(NC(=O)C2(C(N)=S)CCC2)cc1. The largest absolute Gasteiger partial charge is 0.392 e. The number of benzene rings is 1. The van der Waals surface area contributed by atoms with E-state index in [0.29, 0.717) is 24.1 Å². The summed E-state index contributed by atoms with van der Waals surface area (Å²) in [5, 5.41) is 2.77. The fourth-order valence-corrected chi connectivity index (χ4v) is 2.38. The van der Waals surface area contributed by atoms with Crippen molar-refractivity contribution in [2.24, 2.45) is 16.9 Å². The second-order valence-electron chi connectivity index (χ2n) is 4.70. The van der Waals surface area contributed by atoms with Crippen LogP contribution in [-0.2, 0) is 4.79 Å².